The molecule has 0 spiro atoms. The van der Waals surface area contributed by atoms with Gasteiger partial charge < -0.3 is 10.1 Å². The maximum Gasteiger partial charge on any atom is 0.313 e. The van der Waals surface area contributed by atoms with E-state index in [-0.39, 0.29) is 24.4 Å². The van der Waals surface area contributed by atoms with Crippen molar-refractivity contribution < 1.29 is 14.3 Å². The number of nitrogens with one attached hydrogen (secondary N) is 1. The lowest BCUT2D eigenvalue weighted by Gasteiger charge is -2.14. The Balaban J connectivity index is 1.87. The molecule has 120 valence electrons. The summed E-state index contributed by atoms with van der Waals surface area (Å²) in [4.78, 5) is 24.0. The summed E-state index contributed by atoms with van der Waals surface area (Å²) in [5, 5.41) is 2.68. The van der Waals surface area contributed by atoms with Gasteiger partial charge in [0.1, 0.15) is 0 Å². The average molecular weight is 376 g/mol. The summed E-state index contributed by atoms with van der Waals surface area (Å²) in [6.45, 7) is 1.62. The summed E-state index contributed by atoms with van der Waals surface area (Å²) in [5.41, 5.74) is 1.55. The van der Waals surface area contributed by atoms with Gasteiger partial charge in [-0.15, -0.1) is 0 Å². The van der Waals surface area contributed by atoms with E-state index < -0.39 is 0 Å². The van der Waals surface area contributed by atoms with Gasteiger partial charge in [0, 0.05) is 10.2 Å². The van der Waals surface area contributed by atoms with Gasteiger partial charge in [-0.2, -0.15) is 0 Å². The molecule has 0 aliphatic rings. The predicted octanol–water partition coefficient (Wildman–Crippen LogP) is 4.12. The highest BCUT2D eigenvalue weighted by Gasteiger charge is 2.20. The van der Waals surface area contributed by atoms with Crippen molar-refractivity contribution in [2.75, 3.05) is 11.9 Å². The summed E-state index contributed by atoms with van der Waals surface area (Å²) in [6.07, 6.45) is 0.622. The molecule has 1 amide bonds. The molecule has 2 rings (SSSR count). The van der Waals surface area contributed by atoms with Crippen LogP contribution in [0.1, 0.15) is 24.8 Å². The third kappa shape index (κ3) is 5.21. The highest BCUT2D eigenvalue weighted by molar-refractivity contribution is 9.10. The molecule has 23 heavy (non-hydrogen) atoms. The third-order valence-electron chi connectivity index (χ3n) is 3.37. The Bertz CT molecular complexity index is 656. The van der Waals surface area contributed by atoms with Crippen molar-refractivity contribution in [3.63, 3.8) is 0 Å². The lowest BCUT2D eigenvalue weighted by Crippen LogP contribution is -2.23. The van der Waals surface area contributed by atoms with Crippen molar-refractivity contribution in [1.82, 2.24) is 0 Å². The third-order valence-corrected chi connectivity index (χ3v) is 3.90. The normalized spacial score (nSPS) is 11.6. The first-order chi connectivity index (χ1) is 11.1. The van der Waals surface area contributed by atoms with E-state index in [1.165, 1.54) is 0 Å². The molecule has 0 bridgehead atoms. The SMILES string of the molecule is CC[C@H](C(=O)OCC(=O)Nc1ccc(Br)cc1)c1ccccc1. The van der Waals surface area contributed by atoms with Gasteiger partial charge in [-0.05, 0) is 36.2 Å². The zero-order chi connectivity index (χ0) is 16.7. The van der Waals surface area contributed by atoms with Gasteiger partial charge in [0.25, 0.3) is 5.91 Å². The zero-order valence-electron chi connectivity index (χ0n) is 12.8. The van der Waals surface area contributed by atoms with Crippen LogP contribution in [0.2, 0.25) is 0 Å². The second-order valence-corrected chi connectivity index (χ2v) is 5.95. The van der Waals surface area contributed by atoms with E-state index in [0.29, 0.717) is 12.1 Å². The maximum absolute atomic E-state index is 12.2. The maximum atomic E-state index is 12.2. The molecular weight excluding hydrogens is 358 g/mol. The molecule has 0 radical (unpaired) electrons. The number of benzene rings is 2. The fourth-order valence-electron chi connectivity index (χ4n) is 2.19. The van der Waals surface area contributed by atoms with E-state index in [9.17, 15) is 9.59 Å². The second kappa shape index (κ2) is 8.48. The topological polar surface area (TPSA) is 55.4 Å². The smallest absolute Gasteiger partial charge is 0.313 e. The van der Waals surface area contributed by atoms with Crippen molar-refractivity contribution in [2.45, 2.75) is 19.3 Å². The van der Waals surface area contributed by atoms with Crippen molar-refractivity contribution in [3.05, 3.63) is 64.6 Å². The molecule has 0 aromatic heterocycles. The number of carbonyl (C=O) groups excluding carboxylic acids is 2. The molecule has 2 aromatic carbocycles. The predicted molar refractivity (Wildman–Crippen MR) is 93.2 cm³/mol. The number of rotatable bonds is 6. The molecule has 5 heteroatoms. The Morgan fingerprint density at radius 2 is 1.74 bits per heavy atom. The number of carbonyl (C=O) groups is 2. The minimum absolute atomic E-state index is 0.293. The quantitative estimate of drug-likeness (QED) is 0.772. The lowest BCUT2D eigenvalue weighted by atomic mass is 9.97. The van der Waals surface area contributed by atoms with Crippen LogP contribution in [-0.2, 0) is 14.3 Å². The van der Waals surface area contributed by atoms with Crippen LogP contribution in [-0.4, -0.2) is 18.5 Å². The van der Waals surface area contributed by atoms with E-state index in [0.717, 1.165) is 10.0 Å². The van der Waals surface area contributed by atoms with Crippen LogP contribution < -0.4 is 5.32 Å². The molecule has 0 unspecified atom stereocenters. The van der Waals surface area contributed by atoms with Crippen LogP contribution in [0.4, 0.5) is 5.69 Å². The molecule has 1 N–H and O–H groups in total. The number of hydrogen-bond acceptors (Lipinski definition) is 3. The van der Waals surface area contributed by atoms with Crippen molar-refractivity contribution in [3.8, 4) is 0 Å². The molecular formula is C18H18BrNO3. The number of hydrogen-bond donors (Lipinski definition) is 1. The van der Waals surface area contributed by atoms with Gasteiger partial charge in [0.2, 0.25) is 0 Å². The highest BCUT2D eigenvalue weighted by Crippen LogP contribution is 2.20. The van der Waals surface area contributed by atoms with Crippen LogP contribution in [0.3, 0.4) is 0 Å². The van der Waals surface area contributed by atoms with Gasteiger partial charge in [0.15, 0.2) is 6.61 Å². The standard InChI is InChI=1S/C18H18BrNO3/c1-2-16(13-6-4-3-5-7-13)18(22)23-12-17(21)20-15-10-8-14(19)9-11-15/h3-11,16H,2,12H2,1H3,(H,20,21)/t16-/m0/s1. The number of ether oxygens (including phenoxy) is 1. The van der Waals surface area contributed by atoms with Crippen molar-refractivity contribution in [1.29, 1.82) is 0 Å². The van der Waals surface area contributed by atoms with E-state index in [2.05, 4.69) is 21.2 Å². The molecule has 0 fully saturated rings. The van der Waals surface area contributed by atoms with Crippen molar-refractivity contribution >= 4 is 33.5 Å². The molecule has 0 aliphatic heterocycles. The summed E-state index contributed by atoms with van der Waals surface area (Å²) in [7, 11) is 0. The number of esters is 1. The Labute approximate surface area is 144 Å². The highest BCUT2D eigenvalue weighted by atomic mass is 79.9. The number of amides is 1. The fourth-order valence-corrected chi connectivity index (χ4v) is 2.46. The van der Waals surface area contributed by atoms with Gasteiger partial charge in [0.05, 0.1) is 5.92 Å². The average Bonchev–Trinajstić information content (AvgIpc) is 2.57. The molecule has 0 aliphatic carbocycles. The fraction of sp³-hybridized carbons (Fsp3) is 0.222. The van der Waals surface area contributed by atoms with E-state index in [4.69, 9.17) is 4.74 Å². The molecule has 0 saturated heterocycles. The van der Waals surface area contributed by atoms with Gasteiger partial charge in [-0.25, -0.2) is 0 Å². The second-order valence-electron chi connectivity index (χ2n) is 5.03. The number of halogens is 1. The van der Waals surface area contributed by atoms with Crippen LogP contribution in [0.5, 0.6) is 0 Å². The van der Waals surface area contributed by atoms with Crippen LogP contribution in [0.15, 0.2) is 59.1 Å². The van der Waals surface area contributed by atoms with Crippen LogP contribution >= 0.6 is 15.9 Å². The largest absolute Gasteiger partial charge is 0.455 e. The van der Waals surface area contributed by atoms with Gasteiger partial charge >= 0.3 is 5.97 Å². The molecule has 4 nitrogen and oxygen atoms in total. The summed E-state index contributed by atoms with van der Waals surface area (Å²) < 4.78 is 6.07. The van der Waals surface area contributed by atoms with Crippen LogP contribution in [0, 0.1) is 0 Å². The zero-order valence-corrected chi connectivity index (χ0v) is 14.4. The lowest BCUT2D eigenvalue weighted by molar-refractivity contribution is -0.149. The molecule has 0 saturated carbocycles. The van der Waals surface area contributed by atoms with E-state index in [1.54, 1.807) is 12.1 Å². The Hall–Kier alpha value is -2.14. The number of anilines is 1. The summed E-state index contributed by atoms with van der Waals surface area (Å²) >= 11 is 3.33. The summed E-state index contributed by atoms with van der Waals surface area (Å²) in [5.74, 6) is -1.09. The molecule has 0 heterocycles. The van der Waals surface area contributed by atoms with Crippen LogP contribution in [0.25, 0.3) is 0 Å². The van der Waals surface area contributed by atoms with Gasteiger partial charge in [-0.1, -0.05) is 53.2 Å². The first kappa shape index (κ1) is 17.2. The minimum atomic E-state index is -0.385. The molecule has 2 aromatic rings. The Morgan fingerprint density at radius 1 is 1.09 bits per heavy atom. The Kier molecular flexibility index (Phi) is 6.35. The van der Waals surface area contributed by atoms with Crippen molar-refractivity contribution in [2.24, 2.45) is 0 Å². The Morgan fingerprint density at radius 3 is 2.35 bits per heavy atom. The monoisotopic (exact) mass is 375 g/mol. The van der Waals surface area contributed by atoms with Gasteiger partial charge in [-0.3, -0.25) is 9.59 Å². The minimum Gasteiger partial charge on any atom is -0.455 e. The summed E-state index contributed by atoms with van der Waals surface area (Å²) in [6, 6.07) is 16.6. The first-order valence-electron chi connectivity index (χ1n) is 7.37. The van der Waals surface area contributed by atoms with E-state index in [1.807, 2.05) is 49.4 Å². The van der Waals surface area contributed by atoms with E-state index >= 15 is 0 Å². The molecule has 1 atom stereocenters. The first-order valence-corrected chi connectivity index (χ1v) is 8.16.